The van der Waals surface area contributed by atoms with E-state index in [4.69, 9.17) is 4.74 Å². The maximum Gasteiger partial charge on any atom is 0.198 e. The van der Waals surface area contributed by atoms with Gasteiger partial charge in [0.15, 0.2) is 11.8 Å². The molecule has 0 spiro atoms. The lowest BCUT2D eigenvalue weighted by Gasteiger charge is -2.23. The molecule has 102 valence electrons. The summed E-state index contributed by atoms with van der Waals surface area (Å²) in [6, 6.07) is 0. The van der Waals surface area contributed by atoms with Crippen LogP contribution in [0.25, 0.3) is 0 Å². The molecule has 19 heavy (non-hydrogen) atoms. The van der Waals surface area contributed by atoms with Gasteiger partial charge < -0.3 is 14.9 Å². The molecule has 0 aromatic carbocycles. The van der Waals surface area contributed by atoms with Gasteiger partial charge in [-0.15, -0.1) is 6.58 Å². The van der Waals surface area contributed by atoms with Crippen LogP contribution in [0.1, 0.15) is 43.2 Å². The van der Waals surface area contributed by atoms with Crippen LogP contribution in [-0.2, 0) is 11.3 Å². The Balaban J connectivity index is 1.88. The highest BCUT2D eigenvalue weighted by atomic mass is 16.6. The topological polar surface area (TPSA) is 57.9 Å². The van der Waals surface area contributed by atoms with E-state index in [-0.39, 0.29) is 35.3 Å². The molecule has 2 aliphatic carbocycles. The van der Waals surface area contributed by atoms with Crippen LogP contribution in [0.5, 0.6) is 11.8 Å². The van der Waals surface area contributed by atoms with Crippen LogP contribution >= 0.6 is 0 Å². The second-order valence-electron chi connectivity index (χ2n) is 6.32. The first kappa shape index (κ1) is 11.4. The van der Waals surface area contributed by atoms with E-state index >= 15 is 0 Å². The maximum atomic E-state index is 10.4. The molecule has 4 heteroatoms. The lowest BCUT2D eigenvalue weighted by atomic mass is 9.78. The van der Waals surface area contributed by atoms with Crippen molar-refractivity contribution in [1.82, 2.24) is 4.57 Å². The first-order chi connectivity index (χ1) is 9.04. The Morgan fingerprint density at radius 2 is 2.11 bits per heavy atom. The number of hydrogen-bond donors (Lipinski definition) is 2. The molecule has 4 unspecified atom stereocenters. The number of allylic oxidation sites excluding steroid dienone is 1. The highest BCUT2D eigenvalue weighted by molar-refractivity contribution is 5.60. The predicted molar refractivity (Wildman–Crippen MR) is 70.5 cm³/mol. The first-order valence-corrected chi connectivity index (χ1v) is 6.96. The van der Waals surface area contributed by atoms with E-state index in [9.17, 15) is 10.2 Å². The third-order valence-corrected chi connectivity index (χ3v) is 5.33. The molecule has 1 aromatic heterocycles. The highest BCUT2D eigenvalue weighted by Crippen LogP contribution is 2.74. The van der Waals surface area contributed by atoms with Crippen LogP contribution in [0.15, 0.2) is 12.7 Å². The lowest BCUT2D eigenvalue weighted by Crippen LogP contribution is -2.28. The van der Waals surface area contributed by atoms with Gasteiger partial charge >= 0.3 is 0 Å². The maximum absolute atomic E-state index is 10.4. The number of aromatic nitrogens is 1. The number of rotatable bonds is 3. The minimum Gasteiger partial charge on any atom is -0.494 e. The van der Waals surface area contributed by atoms with Gasteiger partial charge in [-0.1, -0.05) is 19.9 Å². The van der Waals surface area contributed by atoms with Gasteiger partial charge in [-0.05, 0) is 12.3 Å². The zero-order chi connectivity index (χ0) is 13.5. The van der Waals surface area contributed by atoms with Crippen molar-refractivity contribution in [1.29, 1.82) is 0 Å². The van der Waals surface area contributed by atoms with Crippen LogP contribution < -0.4 is 0 Å². The SMILES string of the molecule is C=CCn1c(O)c2c(c1O)C1CC2C2OC12C(C)C. The van der Waals surface area contributed by atoms with Gasteiger partial charge in [0, 0.05) is 29.5 Å². The Bertz CT molecular complexity index is 589. The van der Waals surface area contributed by atoms with Crippen molar-refractivity contribution in [3.05, 3.63) is 23.8 Å². The van der Waals surface area contributed by atoms with Crippen LogP contribution in [0.3, 0.4) is 0 Å². The summed E-state index contributed by atoms with van der Waals surface area (Å²) in [4.78, 5) is 0. The van der Waals surface area contributed by atoms with E-state index in [1.54, 1.807) is 10.6 Å². The van der Waals surface area contributed by atoms with Gasteiger partial charge in [-0.25, -0.2) is 0 Å². The van der Waals surface area contributed by atoms with Crippen LogP contribution in [0.4, 0.5) is 0 Å². The van der Waals surface area contributed by atoms with Gasteiger partial charge in [0.25, 0.3) is 0 Å². The van der Waals surface area contributed by atoms with Gasteiger partial charge in [0.2, 0.25) is 0 Å². The van der Waals surface area contributed by atoms with Gasteiger partial charge in [0.1, 0.15) is 5.60 Å². The molecule has 0 amide bonds. The predicted octanol–water partition coefficient (Wildman–Crippen LogP) is 2.46. The molecule has 1 aromatic rings. The zero-order valence-corrected chi connectivity index (χ0v) is 11.3. The molecule has 2 heterocycles. The van der Waals surface area contributed by atoms with E-state index in [1.807, 2.05) is 0 Å². The lowest BCUT2D eigenvalue weighted by molar-refractivity contribution is 0.181. The summed E-state index contributed by atoms with van der Waals surface area (Å²) >= 11 is 0. The number of nitrogens with zero attached hydrogens (tertiary/aromatic N) is 1. The number of hydrogen-bond acceptors (Lipinski definition) is 3. The third-order valence-electron chi connectivity index (χ3n) is 5.33. The second kappa shape index (κ2) is 3.18. The standard InChI is InChI=1S/C15H19NO3/c1-4-5-16-13(17)10-8-6-9(11(10)14(16)18)15(7(2)3)12(8)19-15/h4,7-9,12,17-18H,1,5-6H2,2-3H3. The van der Waals surface area contributed by atoms with Gasteiger partial charge in [-0.2, -0.15) is 0 Å². The third kappa shape index (κ3) is 1.03. The van der Waals surface area contributed by atoms with E-state index in [1.165, 1.54) is 0 Å². The molecule has 2 N–H and O–H groups in total. The van der Waals surface area contributed by atoms with Crippen molar-refractivity contribution < 1.29 is 14.9 Å². The van der Waals surface area contributed by atoms with Crippen LogP contribution in [0, 0.1) is 5.92 Å². The van der Waals surface area contributed by atoms with Crippen molar-refractivity contribution in [2.24, 2.45) is 5.92 Å². The Morgan fingerprint density at radius 1 is 1.42 bits per heavy atom. The smallest absolute Gasteiger partial charge is 0.198 e. The van der Waals surface area contributed by atoms with E-state index in [0.29, 0.717) is 12.5 Å². The van der Waals surface area contributed by atoms with Crippen molar-refractivity contribution >= 4 is 0 Å². The molecule has 2 fully saturated rings. The molecule has 4 rings (SSSR count). The summed E-state index contributed by atoms with van der Waals surface area (Å²) in [7, 11) is 0. The summed E-state index contributed by atoms with van der Waals surface area (Å²) in [5.41, 5.74) is 1.75. The van der Waals surface area contributed by atoms with Crippen molar-refractivity contribution in [2.75, 3.05) is 0 Å². The molecular weight excluding hydrogens is 242 g/mol. The average Bonchev–Trinajstić information content (AvgIpc) is 2.84. The fraction of sp³-hybridized carbons (Fsp3) is 0.600. The molecule has 1 saturated carbocycles. The summed E-state index contributed by atoms with van der Waals surface area (Å²) in [6.07, 6.45) is 2.92. The monoisotopic (exact) mass is 261 g/mol. The second-order valence-corrected chi connectivity index (χ2v) is 6.32. The molecule has 2 bridgehead atoms. The Morgan fingerprint density at radius 3 is 2.74 bits per heavy atom. The zero-order valence-electron chi connectivity index (χ0n) is 11.3. The number of aromatic hydroxyl groups is 2. The minimum absolute atomic E-state index is 0.0953. The summed E-state index contributed by atoms with van der Waals surface area (Å²) in [6.45, 7) is 8.46. The van der Waals surface area contributed by atoms with Gasteiger partial charge in [0.05, 0.1) is 6.10 Å². The highest BCUT2D eigenvalue weighted by Gasteiger charge is 2.76. The van der Waals surface area contributed by atoms with E-state index in [0.717, 1.165) is 17.5 Å². The van der Waals surface area contributed by atoms with Gasteiger partial charge in [-0.3, -0.25) is 4.57 Å². The minimum atomic E-state index is -0.0953. The Labute approximate surface area is 112 Å². The molecular formula is C15H19NO3. The van der Waals surface area contributed by atoms with E-state index in [2.05, 4.69) is 20.4 Å². The fourth-order valence-corrected chi connectivity index (χ4v) is 4.55. The molecule has 1 aliphatic heterocycles. The van der Waals surface area contributed by atoms with Crippen LogP contribution in [0.2, 0.25) is 0 Å². The molecule has 1 saturated heterocycles. The molecule has 3 aliphatic rings. The van der Waals surface area contributed by atoms with E-state index < -0.39 is 0 Å². The average molecular weight is 261 g/mol. The summed E-state index contributed by atoms with van der Waals surface area (Å²) in [5.74, 6) is 1.32. The fourth-order valence-electron chi connectivity index (χ4n) is 4.55. The number of ether oxygens (including phenoxy) is 1. The van der Waals surface area contributed by atoms with Crippen LogP contribution in [-0.4, -0.2) is 26.5 Å². The summed E-state index contributed by atoms with van der Waals surface area (Å²) < 4.78 is 7.54. The number of epoxide rings is 1. The molecule has 4 atom stereocenters. The summed E-state index contributed by atoms with van der Waals surface area (Å²) in [5, 5.41) is 20.8. The van der Waals surface area contributed by atoms with Crippen molar-refractivity contribution in [3.63, 3.8) is 0 Å². The quantitative estimate of drug-likeness (QED) is 0.649. The van der Waals surface area contributed by atoms with Crippen molar-refractivity contribution in [3.8, 4) is 11.8 Å². The normalized spacial score (nSPS) is 37.5. The Hall–Kier alpha value is -1.42. The number of fused-ring (bicyclic) bond motifs is 8. The largest absolute Gasteiger partial charge is 0.494 e. The first-order valence-electron chi connectivity index (χ1n) is 6.96. The molecule has 4 nitrogen and oxygen atoms in total. The Kier molecular flexibility index (Phi) is 1.91. The van der Waals surface area contributed by atoms with Crippen molar-refractivity contribution in [2.45, 2.75) is 50.4 Å². The molecule has 0 radical (unpaired) electrons.